The standard InChI is InChI=1S/C19H18N/c1-2-3-5-17-6-4-7-18(14-17)11-8-16-9-12-19(15-20)13-10-16/h2,6-7,9-10,12-14H,1,3,5,15,20H2. The number of nitrogens with two attached hydrogens (primary N) is 1. The molecule has 0 bridgehead atoms. The van der Waals surface area contributed by atoms with E-state index in [2.05, 4.69) is 30.6 Å². The van der Waals surface area contributed by atoms with E-state index >= 15 is 0 Å². The van der Waals surface area contributed by atoms with Crippen LogP contribution in [0.5, 0.6) is 0 Å². The van der Waals surface area contributed by atoms with Gasteiger partial charge in [-0.25, -0.2) is 0 Å². The highest BCUT2D eigenvalue weighted by molar-refractivity contribution is 5.44. The maximum atomic E-state index is 5.57. The van der Waals surface area contributed by atoms with Crippen LogP contribution in [0.2, 0.25) is 0 Å². The lowest BCUT2D eigenvalue weighted by Crippen LogP contribution is -1.95. The first-order valence-electron chi connectivity index (χ1n) is 6.74. The van der Waals surface area contributed by atoms with Crippen LogP contribution >= 0.6 is 0 Å². The van der Waals surface area contributed by atoms with E-state index in [0.29, 0.717) is 6.54 Å². The van der Waals surface area contributed by atoms with Crippen molar-refractivity contribution in [2.24, 2.45) is 5.73 Å². The smallest absolute Gasteiger partial charge is 0.0257 e. The Morgan fingerprint density at radius 2 is 1.80 bits per heavy atom. The Balaban J connectivity index is 2.12. The maximum Gasteiger partial charge on any atom is 0.0257 e. The van der Waals surface area contributed by atoms with Crippen molar-refractivity contribution in [3.05, 3.63) is 83.4 Å². The summed E-state index contributed by atoms with van der Waals surface area (Å²) in [5.41, 5.74) is 9.93. The molecular weight excluding hydrogens is 242 g/mol. The summed E-state index contributed by atoms with van der Waals surface area (Å²) in [6, 6.07) is 17.2. The van der Waals surface area contributed by atoms with Crippen molar-refractivity contribution in [1.29, 1.82) is 0 Å². The number of hydrogen-bond acceptors (Lipinski definition) is 1. The van der Waals surface area contributed by atoms with E-state index in [4.69, 9.17) is 5.73 Å². The average Bonchev–Trinajstić information content (AvgIpc) is 2.52. The highest BCUT2D eigenvalue weighted by Crippen LogP contribution is 2.07. The monoisotopic (exact) mass is 260 g/mol. The molecule has 2 aromatic rings. The van der Waals surface area contributed by atoms with Crippen molar-refractivity contribution in [2.45, 2.75) is 19.4 Å². The van der Waals surface area contributed by atoms with Crippen LogP contribution in [0.25, 0.3) is 0 Å². The van der Waals surface area contributed by atoms with Crippen molar-refractivity contribution in [1.82, 2.24) is 0 Å². The van der Waals surface area contributed by atoms with Gasteiger partial charge < -0.3 is 5.73 Å². The van der Waals surface area contributed by atoms with Gasteiger partial charge in [-0.15, -0.1) is 6.58 Å². The molecule has 1 heteroatoms. The lowest BCUT2D eigenvalue weighted by atomic mass is 10.1. The topological polar surface area (TPSA) is 26.0 Å². The molecule has 0 atom stereocenters. The highest BCUT2D eigenvalue weighted by atomic mass is 14.5. The Labute approximate surface area is 121 Å². The van der Waals surface area contributed by atoms with Crippen molar-refractivity contribution >= 4 is 0 Å². The Morgan fingerprint density at radius 3 is 2.50 bits per heavy atom. The summed E-state index contributed by atoms with van der Waals surface area (Å²) >= 11 is 0. The minimum atomic E-state index is 0.564. The molecule has 0 saturated heterocycles. The van der Waals surface area contributed by atoms with Gasteiger partial charge in [0.1, 0.15) is 0 Å². The molecule has 0 aliphatic carbocycles. The molecule has 1 nitrogen and oxygen atoms in total. The van der Waals surface area contributed by atoms with Crippen LogP contribution in [0.3, 0.4) is 0 Å². The fraction of sp³-hybridized carbons (Fsp3) is 0.158. The lowest BCUT2D eigenvalue weighted by molar-refractivity contribution is 1.00. The third-order valence-corrected chi connectivity index (χ3v) is 3.03. The second-order valence-electron chi connectivity index (χ2n) is 4.61. The molecule has 0 aliphatic rings. The van der Waals surface area contributed by atoms with Gasteiger partial charge in [-0.05, 0) is 54.3 Å². The molecular formula is C19H18N. The van der Waals surface area contributed by atoms with Crippen LogP contribution in [0.1, 0.15) is 28.7 Å². The Hall–Kier alpha value is -2.30. The fourth-order valence-corrected chi connectivity index (χ4v) is 1.88. The molecule has 0 heterocycles. The number of benzene rings is 2. The van der Waals surface area contributed by atoms with Crippen LogP contribution < -0.4 is 5.73 Å². The molecule has 1 radical (unpaired) electrons. The number of hydrogen-bond donors (Lipinski definition) is 1. The third-order valence-electron chi connectivity index (χ3n) is 3.03. The van der Waals surface area contributed by atoms with Crippen LogP contribution in [0.4, 0.5) is 0 Å². The van der Waals surface area contributed by atoms with Gasteiger partial charge >= 0.3 is 0 Å². The summed E-state index contributed by atoms with van der Waals surface area (Å²) in [6.45, 7) is 4.30. The summed E-state index contributed by atoms with van der Waals surface area (Å²) in [6.07, 6.45) is 3.89. The Morgan fingerprint density at radius 1 is 1.05 bits per heavy atom. The molecule has 0 spiro atoms. The number of rotatable bonds is 4. The Kier molecular flexibility index (Phi) is 5.17. The summed E-state index contributed by atoms with van der Waals surface area (Å²) in [5.74, 6) is 6.34. The van der Waals surface area contributed by atoms with Gasteiger partial charge in [0.15, 0.2) is 0 Å². The molecule has 0 fully saturated rings. The molecule has 0 unspecified atom stereocenters. The van der Waals surface area contributed by atoms with Gasteiger partial charge in [0, 0.05) is 17.7 Å². The maximum absolute atomic E-state index is 5.57. The summed E-state index contributed by atoms with van der Waals surface area (Å²) in [4.78, 5) is 0. The predicted octanol–water partition coefficient (Wildman–Crippen LogP) is 3.46. The van der Waals surface area contributed by atoms with E-state index in [1.54, 1.807) is 0 Å². The second-order valence-corrected chi connectivity index (χ2v) is 4.61. The lowest BCUT2D eigenvalue weighted by Gasteiger charge is -1.98. The van der Waals surface area contributed by atoms with Gasteiger partial charge in [0.25, 0.3) is 0 Å². The van der Waals surface area contributed by atoms with Crippen LogP contribution in [-0.4, -0.2) is 0 Å². The van der Waals surface area contributed by atoms with Crippen molar-refractivity contribution in [3.63, 3.8) is 0 Å². The molecule has 2 rings (SSSR count). The minimum Gasteiger partial charge on any atom is -0.326 e. The molecule has 0 saturated carbocycles. The van der Waals surface area contributed by atoms with E-state index in [0.717, 1.165) is 29.5 Å². The first-order valence-corrected chi connectivity index (χ1v) is 6.74. The van der Waals surface area contributed by atoms with E-state index < -0.39 is 0 Å². The van der Waals surface area contributed by atoms with E-state index in [1.807, 2.05) is 42.5 Å². The zero-order valence-corrected chi connectivity index (χ0v) is 11.5. The zero-order valence-electron chi connectivity index (χ0n) is 11.5. The molecule has 0 aliphatic heterocycles. The van der Waals surface area contributed by atoms with Crippen LogP contribution in [-0.2, 0) is 13.0 Å². The van der Waals surface area contributed by atoms with Crippen molar-refractivity contribution in [2.75, 3.05) is 0 Å². The van der Waals surface area contributed by atoms with Gasteiger partial charge in [-0.2, -0.15) is 0 Å². The SMILES string of the molecule is C=CCCc1c[c]cc(C#Cc2ccc(CN)cc2)c1. The molecule has 99 valence electrons. The van der Waals surface area contributed by atoms with E-state index in [9.17, 15) is 0 Å². The Bertz CT molecular complexity index is 627. The summed E-state index contributed by atoms with van der Waals surface area (Å²) in [7, 11) is 0. The molecule has 2 N–H and O–H groups in total. The average molecular weight is 260 g/mol. The first kappa shape index (κ1) is 14.1. The van der Waals surface area contributed by atoms with Crippen LogP contribution in [0, 0.1) is 17.9 Å². The molecule has 20 heavy (non-hydrogen) atoms. The largest absolute Gasteiger partial charge is 0.326 e. The summed E-state index contributed by atoms with van der Waals surface area (Å²) < 4.78 is 0. The van der Waals surface area contributed by atoms with Crippen LogP contribution in [0.15, 0.2) is 55.1 Å². The predicted molar refractivity (Wildman–Crippen MR) is 84.1 cm³/mol. The normalized spacial score (nSPS) is 9.65. The molecule has 0 aromatic heterocycles. The van der Waals surface area contributed by atoms with Gasteiger partial charge in [0.2, 0.25) is 0 Å². The highest BCUT2D eigenvalue weighted by Gasteiger charge is 1.94. The van der Waals surface area contributed by atoms with E-state index in [-0.39, 0.29) is 0 Å². The van der Waals surface area contributed by atoms with Crippen molar-refractivity contribution in [3.8, 4) is 11.8 Å². The van der Waals surface area contributed by atoms with E-state index in [1.165, 1.54) is 5.56 Å². The van der Waals surface area contributed by atoms with Gasteiger partial charge in [-0.3, -0.25) is 0 Å². The van der Waals surface area contributed by atoms with Gasteiger partial charge in [-0.1, -0.05) is 36.1 Å². The summed E-state index contributed by atoms with van der Waals surface area (Å²) in [5, 5.41) is 0. The number of aryl methyl sites for hydroxylation is 1. The minimum absolute atomic E-state index is 0.564. The quantitative estimate of drug-likeness (QED) is 0.661. The number of allylic oxidation sites excluding steroid dienone is 1. The molecule has 2 aromatic carbocycles. The van der Waals surface area contributed by atoms with Gasteiger partial charge in [0.05, 0.1) is 0 Å². The zero-order chi connectivity index (χ0) is 14.2. The molecule has 0 amide bonds. The second kappa shape index (κ2) is 7.33. The first-order chi connectivity index (χ1) is 9.81. The third kappa shape index (κ3) is 4.12. The van der Waals surface area contributed by atoms with Crippen molar-refractivity contribution < 1.29 is 0 Å². The fourth-order valence-electron chi connectivity index (χ4n) is 1.88.